The van der Waals surface area contributed by atoms with E-state index in [0.29, 0.717) is 12.1 Å². The van der Waals surface area contributed by atoms with Crippen molar-refractivity contribution in [2.45, 2.75) is 26.9 Å². The zero-order valence-corrected chi connectivity index (χ0v) is 15.1. The maximum atomic E-state index is 11.9. The van der Waals surface area contributed by atoms with Gasteiger partial charge >= 0.3 is 5.63 Å². The smallest absolute Gasteiger partial charge is 0.336 e. The molecule has 1 heterocycles. The lowest BCUT2D eigenvalue weighted by atomic mass is 10.0. The van der Waals surface area contributed by atoms with E-state index in [0.717, 1.165) is 28.8 Å². The van der Waals surface area contributed by atoms with Gasteiger partial charge < -0.3 is 9.15 Å². The molecule has 0 spiro atoms. The van der Waals surface area contributed by atoms with Gasteiger partial charge in [0.05, 0.1) is 7.11 Å². The molecule has 0 aliphatic carbocycles. The van der Waals surface area contributed by atoms with Crippen molar-refractivity contribution in [2.24, 2.45) is 0 Å². The molecule has 1 aromatic heterocycles. The van der Waals surface area contributed by atoms with Crippen molar-refractivity contribution in [1.82, 2.24) is 4.90 Å². The summed E-state index contributed by atoms with van der Waals surface area (Å²) in [6.07, 6.45) is 0. The summed E-state index contributed by atoms with van der Waals surface area (Å²) in [6, 6.07) is 13.7. The highest BCUT2D eigenvalue weighted by Gasteiger charge is 2.10. The van der Waals surface area contributed by atoms with Crippen LogP contribution in [0.5, 0.6) is 5.75 Å². The van der Waals surface area contributed by atoms with Gasteiger partial charge in [0.1, 0.15) is 11.3 Å². The molecule has 0 saturated heterocycles. The van der Waals surface area contributed by atoms with Gasteiger partial charge in [0, 0.05) is 24.5 Å². The van der Waals surface area contributed by atoms with Crippen molar-refractivity contribution in [1.29, 1.82) is 0 Å². The standard InChI is InChI=1S/C21H23NO3/c1-14-8-19-17(11-21(23)25-20(19)9-15(14)2)13-22(3)12-16-6-5-7-18(10-16)24-4/h5-11H,12-13H2,1-4H3. The number of fused-ring (bicyclic) bond motifs is 1. The molecule has 0 fully saturated rings. The molecular weight excluding hydrogens is 314 g/mol. The van der Waals surface area contributed by atoms with Crippen LogP contribution in [-0.4, -0.2) is 19.1 Å². The third-order valence-electron chi connectivity index (χ3n) is 4.47. The van der Waals surface area contributed by atoms with Gasteiger partial charge in [0.2, 0.25) is 0 Å². The molecule has 0 saturated carbocycles. The first-order valence-electron chi connectivity index (χ1n) is 8.31. The van der Waals surface area contributed by atoms with Gasteiger partial charge in [-0.2, -0.15) is 0 Å². The minimum atomic E-state index is -0.305. The first-order chi connectivity index (χ1) is 12.0. The minimum absolute atomic E-state index is 0.305. The molecule has 0 amide bonds. The second-order valence-corrected chi connectivity index (χ2v) is 6.55. The van der Waals surface area contributed by atoms with Gasteiger partial charge in [-0.25, -0.2) is 4.79 Å². The summed E-state index contributed by atoms with van der Waals surface area (Å²) in [4.78, 5) is 14.1. The second-order valence-electron chi connectivity index (χ2n) is 6.55. The summed E-state index contributed by atoms with van der Waals surface area (Å²) in [5.74, 6) is 0.850. The Kier molecular flexibility index (Phi) is 4.91. The minimum Gasteiger partial charge on any atom is -0.497 e. The van der Waals surface area contributed by atoms with Crippen LogP contribution in [-0.2, 0) is 13.1 Å². The van der Waals surface area contributed by atoms with Crippen LogP contribution in [0.1, 0.15) is 22.3 Å². The molecular formula is C21H23NO3. The molecule has 0 N–H and O–H groups in total. The quantitative estimate of drug-likeness (QED) is 0.659. The first kappa shape index (κ1) is 17.2. The zero-order chi connectivity index (χ0) is 18.0. The summed E-state index contributed by atoms with van der Waals surface area (Å²) in [5, 5.41) is 1.00. The fourth-order valence-electron chi connectivity index (χ4n) is 3.04. The van der Waals surface area contributed by atoms with Gasteiger partial charge in [-0.05, 0) is 67.4 Å². The molecule has 4 nitrogen and oxygen atoms in total. The van der Waals surface area contributed by atoms with E-state index in [1.807, 2.05) is 38.2 Å². The normalized spacial score (nSPS) is 11.2. The number of nitrogens with zero attached hydrogens (tertiary/aromatic N) is 1. The van der Waals surface area contributed by atoms with Gasteiger partial charge in [-0.3, -0.25) is 4.90 Å². The molecule has 4 heteroatoms. The fourth-order valence-corrected chi connectivity index (χ4v) is 3.04. The number of benzene rings is 2. The summed E-state index contributed by atoms with van der Waals surface area (Å²) in [6.45, 7) is 5.53. The van der Waals surface area contributed by atoms with Crippen LogP contribution in [0.4, 0.5) is 0 Å². The number of methoxy groups -OCH3 is 1. The lowest BCUT2D eigenvalue weighted by Gasteiger charge is -2.18. The summed E-state index contributed by atoms with van der Waals surface area (Å²) in [5.41, 5.74) is 4.82. The Morgan fingerprint density at radius 2 is 1.80 bits per heavy atom. The van der Waals surface area contributed by atoms with Crippen molar-refractivity contribution in [2.75, 3.05) is 14.2 Å². The third-order valence-corrected chi connectivity index (χ3v) is 4.47. The largest absolute Gasteiger partial charge is 0.497 e. The highest BCUT2D eigenvalue weighted by Crippen LogP contribution is 2.23. The molecule has 3 rings (SSSR count). The number of rotatable bonds is 5. The monoisotopic (exact) mass is 337 g/mol. The van der Waals surface area contributed by atoms with Crippen LogP contribution < -0.4 is 10.4 Å². The van der Waals surface area contributed by atoms with E-state index >= 15 is 0 Å². The maximum absolute atomic E-state index is 11.9. The van der Waals surface area contributed by atoms with Crippen LogP contribution in [0.25, 0.3) is 11.0 Å². The maximum Gasteiger partial charge on any atom is 0.336 e. The average Bonchev–Trinajstić information content (AvgIpc) is 2.56. The predicted molar refractivity (Wildman–Crippen MR) is 100 cm³/mol. The van der Waals surface area contributed by atoms with Crippen LogP contribution >= 0.6 is 0 Å². The van der Waals surface area contributed by atoms with E-state index in [-0.39, 0.29) is 5.63 Å². The van der Waals surface area contributed by atoms with Crippen LogP contribution in [0, 0.1) is 13.8 Å². The van der Waals surface area contributed by atoms with Gasteiger partial charge in [0.15, 0.2) is 0 Å². The van der Waals surface area contributed by atoms with Crippen molar-refractivity contribution < 1.29 is 9.15 Å². The summed E-state index contributed by atoms with van der Waals surface area (Å²) >= 11 is 0. The molecule has 0 atom stereocenters. The fraction of sp³-hybridized carbons (Fsp3) is 0.286. The van der Waals surface area contributed by atoms with Crippen molar-refractivity contribution >= 4 is 11.0 Å². The number of ether oxygens (including phenoxy) is 1. The molecule has 0 aliphatic heterocycles. The highest BCUT2D eigenvalue weighted by molar-refractivity contribution is 5.81. The van der Waals surface area contributed by atoms with Crippen molar-refractivity contribution in [3.63, 3.8) is 0 Å². The Morgan fingerprint density at radius 3 is 2.56 bits per heavy atom. The molecule has 0 unspecified atom stereocenters. The molecule has 0 radical (unpaired) electrons. The second kappa shape index (κ2) is 7.11. The summed E-state index contributed by atoms with van der Waals surface area (Å²) < 4.78 is 10.7. The Bertz CT molecular complexity index is 959. The van der Waals surface area contributed by atoms with Gasteiger partial charge in [-0.1, -0.05) is 12.1 Å². The Balaban J connectivity index is 1.88. The molecule has 25 heavy (non-hydrogen) atoms. The van der Waals surface area contributed by atoms with Crippen LogP contribution in [0.2, 0.25) is 0 Å². The van der Waals surface area contributed by atoms with E-state index in [1.54, 1.807) is 13.2 Å². The lowest BCUT2D eigenvalue weighted by molar-refractivity contribution is 0.318. The van der Waals surface area contributed by atoms with E-state index in [9.17, 15) is 4.79 Å². The highest BCUT2D eigenvalue weighted by atomic mass is 16.5. The van der Waals surface area contributed by atoms with E-state index in [4.69, 9.17) is 9.15 Å². The number of hydrogen-bond acceptors (Lipinski definition) is 4. The van der Waals surface area contributed by atoms with Crippen LogP contribution in [0.3, 0.4) is 0 Å². The first-order valence-corrected chi connectivity index (χ1v) is 8.31. The third kappa shape index (κ3) is 3.91. The molecule has 130 valence electrons. The van der Waals surface area contributed by atoms with Gasteiger partial charge in [0.25, 0.3) is 0 Å². The average molecular weight is 337 g/mol. The Labute approximate surface area is 147 Å². The number of aryl methyl sites for hydroxylation is 2. The topological polar surface area (TPSA) is 42.7 Å². The zero-order valence-electron chi connectivity index (χ0n) is 15.1. The molecule has 0 aliphatic rings. The molecule has 3 aromatic rings. The lowest BCUT2D eigenvalue weighted by Crippen LogP contribution is -2.18. The van der Waals surface area contributed by atoms with Crippen molar-refractivity contribution in [3.05, 3.63) is 75.1 Å². The molecule has 2 aromatic carbocycles. The molecule has 0 bridgehead atoms. The SMILES string of the molecule is COc1cccc(CN(C)Cc2cc(=O)oc3cc(C)c(C)cc23)c1. The number of hydrogen-bond donors (Lipinski definition) is 0. The van der Waals surface area contributed by atoms with E-state index < -0.39 is 0 Å². The Hall–Kier alpha value is -2.59. The van der Waals surface area contributed by atoms with Crippen LogP contribution in [0.15, 0.2) is 51.7 Å². The van der Waals surface area contributed by atoms with Gasteiger partial charge in [-0.15, -0.1) is 0 Å². The van der Waals surface area contributed by atoms with E-state index in [1.165, 1.54) is 11.1 Å². The predicted octanol–water partition coefficient (Wildman–Crippen LogP) is 4.05. The van der Waals surface area contributed by atoms with E-state index in [2.05, 4.69) is 24.0 Å². The van der Waals surface area contributed by atoms with Crippen molar-refractivity contribution in [3.8, 4) is 5.75 Å². The Morgan fingerprint density at radius 1 is 1.04 bits per heavy atom. The summed E-state index contributed by atoms with van der Waals surface area (Å²) in [7, 11) is 3.71.